The number of aryl methyl sites for hydroxylation is 1. The van der Waals surface area contributed by atoms with Gasteiger partial charge in [-0.15, -0.1) is 0 Å². The number of hydrogen-bond acceptors (Lipinski definition) is 2. The Hall–Kier alpha value is -2.82. The number of rotatable bonds is 5. The molecule has 0 aliphatic heterocycles. The van der Waals surface area contributed by atoms with E-state index < -0.39 is 0 Å². The van der Waals surface area contributed by atoms with Crippen molar-refractivity contribution in [3.63, 3.8) is 0 Å². The molecule has 2 N–H and O–H groups in total. The second-order valence-electron chi connectivity index (χ2n) is 5.84. The summed E-state index contributed by atoms with van der Waals surface area (Å²) in [6.07, 6.45) is 1.92. The summed E-state index contributed by atoms with van der Waals surface area (Å²) in [5, 5.41) is 4.11. The highest BCUT2D eigenvalue weighted by Gasteiger charge is 2.12. The number of fused-ring (bicyclic) bond motifs is 1. The van der Waals surface area contributed by atoms with E-state index in [9.17, 15) is 4.79 Å². The van der Waals surface area contributed by atoms with Crippen molar-refractivity contribution in [2.45, 2.75) is 26.9 Å². The fourth-order valence-electron chi connectivity index (χ4n) is 2.72. The van der Waals surface area contributed by atoms with Crippen LogP contribution in [0.3, 0.4) is 0 Å². The van der Waals surface area contributed by atoms with Crippen molar-refractivity contribution < 1.29 is 4.79 Å². The average Bonchev–Trinajstić information content (AvgIpc) is 3.05. The standard InChI is InChI=1S/C19H22N4O/c1-3-23(13-15-7-8-18-16(11-15)9-10-20-18)19(24)21-12-17-6-4-5-14(2)22-17/h4-11,20H,3,12-13H2,1-2H3,(H,21,24). The number of aromatic amines is 1. The van der Waals surface area contributed by atoms with Gasteiger partial charge in [-0.25, -0.2) is 4.79 Å². The number of nitrogens with zero attached hydrogens (tertiary/aromatic N) is 2. The lowest BCUT2D eigenvalue weighted by molar-refractivity contribution is 0.197. The first-order chi connectivity index (χ1) is 11.7. The Bertz CT molecular complexity index is 840. The molecule has 0 unspecified atom stereocenters. The van der Waals surface area contributed by atoms with Crippen LogP contribution in [-0.4, -0.2) is 27.4 Å². The second kappa shape index (κ2) is 7.17. The van der Waals surface area contributed by atoms with Crippen LogP contribution in [0.25, 0.3) is 10.9 Å². The van der Waals surface area contributed by atoms with Gasteiger partial charge in [-0.3, -0.25) is 4.98 Å². The van der Waals surface area contributed by atoms with Crippen molar-refractivity contribution in [3.05, 3.63) is 65.6 Å². The first-order valence-electron chi connectivity index (χ1n) is 8.17. The molecule has 0 atom stereocenters. The number of hydrogen-bond donors (Lipinski definition) is 2. The molecule has 2 amide bonds. The highest BCUT2D eigenvalue weighted by atomic mass is 16.2. The van der Waals surface area contributed by atoms with Crippen LogP contribution < -0.4 is 5.32 Å². The van der Waals surface area contributed by atoms with E-state index in [4.69, 9.17) is 0 Å². The van der Waals surface area contributed by atoms with Crippen LogP contribution in [0.2, 0.25) is 0 Å². The summed E-state index contributed by atoms with van der Waals surface area (Å²) in [6, 6.07) is 14.0. The van der Waals surface area contributed by atoms with Crippen LogP contribution in [0.1, 0.15) is 23.9 Å². The van der Waals surface area contributed by atoms with E-state index >= 15 is 0 Å². The third-order valence-electron chi connectivity index (χ3n) is 4.03. The van der Waals surface area contributed by atoms with Gasteiger partial charge < -0.3 is 15.2 Å². The minimum Gasteiger partial charge on any atom is -0.361 e. The minimum atomic E-state index is -0.0741. The SMILES string of the molecule is CCN(Cc1ccc2[nH]ccc2c1)C(=O)NCc1cccc(C)n1. The molecule has 5 nitrogen and oxygen atoms in total. The van der Waals surface area contributed by atoms with Crippen molar-refractivity contribution >= 4 is 16.9 Å². The van der Waals surface area contributed by atoms with Crippen LogP contribution in [0.4, 0.5) is 4.79 Å². The monoisotopic (exact) mass is 322 g/mol. The molecule has 0 bridgehead atoms. The number of aromatic nitrogens is 2. The summed E-state index contributed by atoms with van der Waals surface area (Å²) in [5.41, 5.74) is 4.05. The molecule has 2 aromatic heterocycles. The fraction of sp³-hybridized carbons (Fsp3) is 0.263. The smallest absolute Gasteiger partial charge is 0.318 e. The van der Waals surface area contributed by atoms with Gasteiger partial charge in [-0.05, 0) is 55.1 Å². The zero-order chi connectivity index (χ0) is 16.9. The van der Waals surface area contributed by atoms with Crippen molar-refractivity contribution in [1.29, 1.82) is 0 Å². The molecule has 0 aliphatic rings. The van der Waals surface area contributed by atoms with Crippen LogP contribution in [0.15, 0.2) is 48.7 Å². The van der Waals surface area contributed by atoms with Crippen LogP contribution in [0.5, 0.6) is 0 Å². The van der Waals surface area contributed by atoms with Gasteiger partial charge in [0.25, 0.3) is 0 Å². The molecule has 3 rings (SSSR count). The summed E-state index contributed by atoms with van der Waals surface area (Å²) in [5.74, 6) is 0. The number of carbonyl (C=O) groups is 1. The Morgan fingerprint density at radius 3 is 2.92 bits per heavy atom. The van der Waals surface area contributed by atoms with Crippen molar-refractivity contribution in [2.75, 3.05) is 6.54 Å². The van der Waals surface area contributed by atoms with E-state index in [2.05, 4.69) is 27.4 Å². The summed E-state index contributed by atoms with van der Waals surface area (Å²) < 4.78 is 0. The van der Waals surface area contributed by atoms with Gasteiger partial charge >= 0.3 is 6.03 Å². The third kappa shape index (κ3) is 3.74. The van der Waals surface area contributed by atoms with Crippen LogP contribution in [-0.2, 0) is 13.1 Å². The van der Waals surface area contributed by atoms with Gasteiger partial charge in [0.15, 0.2) is 0 Å². The molecule has 0 fully saturated rings. The van der Waals surface area contributed by atoms with E-state index in [0.717, 1.165) is 27.9 Å². The number of nitrogens with one attached hydrogen (secondary N) is 2. The molecule has 124 valence electrons. The molecular formula is C19H22N4O. The predicted octanol–water partition coefficient (Wildman–Crippen LogP) is 3.60. The normalized spacial score (nSPS) is 10.8. The van der Waals surface area contributed by atoms with Gasteiger partial charge in [-0.1, -0.05) is 12.1 Å². The van der Waals surface area contributed by atoms with Gasteiger partial charge in [0.1, 0.15) is 0 Å². The molecule has 0 spiro atoms. The van der Waals surface area contributed by atoms with Crippen molar-refractivity contribution in [3.8, 4) is 0 Å². The summed E-state index contributed by atoms with van der Waals surface area (Å²) >= 11 is 0. The number of urea groups is 1. The number of benzene rings is 1. The van der Waals surface area contributed by atoms with Gasteiger partial charge in [-0.2, -0.15) is 0 Å². The second-order valence-corrected chi connectivity index (χ2v) is 5.84. The lowest BCUT2D eigenvalue weighted by Crippen LogP contribution is -2.39. The number of amides is 2. The summed E-state index contributed by atoms with van der Waals surface area (Å²) in [4.78, 5) is 21.8. The zero-order valence-corrected chi connectivity index (χ0v) is 14.0. The maximum absolute atomic E-state index is 12.4. The summed E-state index contributed by atoms with van der Waals surface area (Å²) in [6.45, 7) is 5.61. The molecule has 1 aromatic carbocycles. The predicted molar refractivity (Wildman–Crippen MR) is 95.6 cm³/mol. The number of carbonyl (C=O) groups excluding carboxylic acids is 1. The fourth-order valence-corrected chi connectivity index (χ4v) is 2.72. The molecule has 0 saturated carbocycles. The molecular weight excluding hydrogens is 300 g/mol. The Labute approximate surface area is 141 Å². The highest BCUT2D eigenvalue weighted by molar-refractivity contribution is 5.80. The molecule has 0 radical (unpaired) electrons. The van der Waals surface area contributed by atoms with E-state index in [1.165, 1.54) is 0 Å². The quantitative estimate of drug-likeness (QED) is 0.754. The van der Waals surface area contributed by atoms with E-state index in [-0.39, 0.29) is 6.03 Å². The van der Waals surface area contributed by atoms with Gasteiger partial charge in [0.05, 0.1) is 12.2 Å². The number of pyridine rings is 1. The van der Waals surface area contributed by atoms with Crippen molar-refractivity contribution in [2.24, 2.45) is 0 Å². The van der Waals surface area contributed by atoms with E-state index in [1.54, 1.807) is 4.90 Å². The Morgan fingerprint density at radius 1 is 1.25 bits per heavy atom. The van der Waals surface area contributed by atoms with Crippen molar-refractivity contribution in [1.82, 2.24) is 20.2 Å². The van der Waals surface area contributed by atoms with E-state index in [0.29, 0.717) is 19.6 Å². The topological polar surface area (TPSA) is 61.0 Å². The van der Waals surface area contributed by atoms with Crippen LogP contribution >= 0.6 is 0 Å². The highest BCUT2D eigenvalue weighted by Crippen LogP contribution is 2.15. The Morgan fingerprint density at radius 2 is 2.12 bits per heavy atom. The first-order valence-corrected chi connectivity index (χ1v) is 8.17. The molecule has 3 aromatic rings. The average molecular weight is 322 g/mol. The molecule has 0 saturated heterocycles. The van der Waals surface area contributed by atoms with Crippen LogP contribution in [0, 0.1) is 6.92 Å². The zero-order valence-electron chi connectivity index (χ0n) is 14.0. The molecule has 24 heavy (non-hydrogen) atoms. The Balaban J connectivity index is 1.63. The maximum Gasteiger partial charge on any atom is 0.318 e. The molecule has 2 heterocycles. The summed E-state index contributed by atoms with van der Waals surface area (Å²) in [7, 11) is 0. The lowest BCUT2D eigenvalue weighted by atomic mass is 10.1. The minimum absolute atomic E-state index is 0.0741. The number of H-pyrrole nitrogens is 1. The largest absolute Gasteiger partial charge is 0.361 e. The first kappa shape index (κ1) is 16.1. The Kier molecular flexibility index (Phi) is 4.79. The maximum atomic E-state index is 12.4. The van der Waals surface area contributed by atoms with Gasteiger partial charge in [0.2, 0.25) is 0 Å². The van der Waals surface area contributed by atoms with Gasteiger partial charge in [0, 0.05) is 30.5 Å². The molecule has 0 aliphatic carbocycles. The molecule has 5 heteroatoms. The van der Waals surface area contributed by atoms with E-state index in [1.807, 2.05) is 50.4 Å². The lowest BCUT2D eigenvalue weighted by Gasteiger charge is -2.21. The third-order valence-corrected chi connectivity index (χ3v) is 4.03.